The molecule has 0 aliphatic carbocycles. The second-order valence-corrected chi connectivity index (χ2v) is 6.31. The molecular weight excluding hydrogens is 319 g/mol. The van der Waals surface area contributed by atoms with Crippen molar-refractivity contribution in [3.8, 4) is 0 Å². The minimum atomic E-state index is -0.252. The van der Waals surface area contributed by atoms with E-state index in [2.05, 4.69) is 12.1 Å². The van der Waals surface area contributed by atoms with Crippen LogP contribution in [0.1, 0.15) is 17.3 Å². The topological polar surface area (TPSA) is 26.3 Å². The molecule has 0 saturated carbocycles. The molecule has 1 atom stereocenters. The third-order valence-electron chi connectivity index (χ3n) is 2.49. The predicted molar refractivity (Wildman–Crippen MR) is 81.1 cm³/mol. The van der Waals surface area contributed by atoms with Gasteiger partial charge < -0.3 is 0 Å². The molecule has 0 fully saturated rings. The van der Waals surface area contributed by atoms with E-state index >= 15 is 0 Å². The summed E-state index contributed by atoms with van der Waals surface area (Å²) in [4.78, 5) is 14.0. The van der Waals surface area contributed by atoms with Crippen LogP contribution in [-0.2, 0) is 4.74 Å². The first-order valence-electron chi connectivity index (χ1n) is 6.00. The van der Waals surface area contributed by atoms with Crippen LogP contribution in [0.4, 0.5) is 0 Å². The molecule has 2 nitrogen and oxygen atoms in total. The van der Waals surface area contributed by atoms with Gasteiger partial charge in [0.1, 0.15) is 0 Å². The molecule has 2 aromatic carbocycles. The van der Waals surface area contributed by atoms with Crippen LogP contribution in [0.15, 0.2) is 58.3 Å². The zero-order chi connectivity index (χ0) is 13.7. The number of hydrogen-bond acceptors (Lipinski definition) is 3. The fourth-order valence-electron chi connectivity index (χ4n) is 1.60. The van der Waals surface area contributed by atoms with E-state index in [0.717, 1.165) is 4.35 Å². The van der Waals surface area contributed by atoms with Crippen LogP contribution in [0, 0.1) is 0 Å². The number of rotatable bonds is 4. The zero-order valence-corrected chi connectivity index (χ0v) is 13.9. The van der Waals surface area contributed by atoms with Crippen LogP contribution in [0.25, 0.3) is 0 Å². The Morgan fingerprint density at radius 2 is 1.95 bits per heavy atom. The third kappa shape index (κ3) is 3.89. The summed E-state index contributed by atoms with van der Waals surface area (Å²) < 4.78 is 6.15. The molecule has 2 rings (SSSR count). The van der Waals surface area contributed by atoms with E-state index in [-0.39, 0.29) is 5.97 Å². The maximum atomic E-state index is 11.6. The zero-order valence-electron chi connectivity index (χ0n) is 10.6. The van der Waals surface area contributed by atoms with Gasteiger partial charge in [-0.2, -0.15) is 0 Å². The van der Waals surface area contributed by atoms with Crippen molar-refractivity contribution in [3.05, 3.63) is 54.1 Å². The molecule has 1 unspecified atom stereocenters. The van der Waals surface area contributed by atoms with Crippen molar-refractivity contribution in [2.45, 2.75) is 16.7 Å². The molecule has 0 aromatic heterocycles. The Morgan fingerprint density at radius 1 is 1.21 bits per heavy atom. The first-order valence-corrected chi connectivity index (χ1v) is 8.03. The number of esters is 1. The number of ether oxygens (including phenoxy) is 1. The molecule has 2 aromatic rings. The van der Waals surface area contributed by atoms with Crippen LogP contribution in [0.2, 0.25) is 0 Å². The van der Waals surface area contributed by atoms with Crippen LogP contribution in [0.5, 0.6) is 0 Å². The Kier molecular flexibility index (Phi) is 5.12. The summed E-state index contributed by atoms with van der Waals surface area (Å²) >= 11 is 3.22. The first-order chi connectivity index (χ1) is 9.20. The van der Waals surface area contributed by atoms with E-state index in [1.165, 1.54) is 26.6 Å². The summed E-state index contributed by atoms with van der Waals surface area (Å²) in [7, 11) is 0. The van der Waals surface area contributed by atoms with E-state index in [9.17, 15) is 4.79 Å². The number of carbonyl (C=O) groups is 1. The molecule has 0 aliphatic rings. The van der Waals surface area contributed by atoms with Crippen molar-refractivity contribution in [1.82, 2.24) is 0 Å². The average molecular weight is 334 g/mol. The normalized spacial score (nSPS) is 10.2. The van der Waals surface area contributed by atoms with E-state index in [0.29, 0.717) is 12.2 Å². The molecule has 0 spiro atoms. The SMILES string of the molecule is CCOC(=O)c1ccc(Sc2ccccc2)c([AsH2])c1. The van der Waals surface area contributed by atoms with Crippen LogP contribution in [-0.4, -0.2) is 29.4 Å². The van der Waals surface area contributed by atoms with Gasteiger partial charge >= 0.3 is 126 Å². The number of benzene rings is 2. The summed E-state index contributed by atoms with van der Waals surface area (Å²) in [6, 6.07) is 15.9. The second kappa shape index (κ2) is 6.83. The molecule has 0 radical (unpaired) electrons. The molecule has 0 heterocycles. The summed E-state index contributed by atoms with van der Waals surface area (Å²) in [5.74, 6) is -0.252. The Hall–Kier alpha value is -1.18. The third-order valence-corrected chi connectivity index (χ3v) is 5.03. The molecule has 19 heavy (non-hydrogen) atoms. The molecule has 0 N–H and O–H groups in total. The van der Waals surface area contributed by atoms with Crippen LogP contribution in [0.3, 0.4) is 0 Å². The molecule has 0 saturated heterocycles. The summed E-state index contributed by atoms with van der Waals surface area (Å²) in [6.07, 6.45) is 0. The van der Waals surface area contributed by atoms with Crippen LogP contribution >= 0.6 is 11.8 Å². The van der Waals surface area contributed by atoms with Gasteiger partial charge in [0.2, 0.25) is 0 Å². The quantitative estimate of drug-likeness (QED) is 0.634. The minimum absolute atomic E-state index is 0.252. The fourth-order valence-corrected chi connectivity index (χ4v) is 3.41. The van der Waals surface area contributed by atoms with Gasteiger partial charge in [-0.15, -0.1) is 0 Å². The van der Waals surface area contributed by atoms with Crippen molar-refractivity contribution in [3.63, 3.8) is 0 Å². The van der Waals surface area contributed by atoms with E-state index in [1.807, 2.05) is 43.3 Å². The summed E-state index contributed by atoms with van der Waals surface area (Å²) in [5.41, 5.74) is 0.624. The molecule has 98 valence electrons. The van der Waals surface area contributed by atoms with Gasteiger partial charge in [0.05, 0.1) is 0 Å². The van der Waals surface area contributed by atoms with Gasteiger partial charge in [-0.25, -0.2) is 0 Å². The van der Waals surface area contributed by atoms with Crippen molar-refractivity contribution >= 4 is 38.9 Å². The Bertz CT molecular complexity index is 570. The van der Waals surface area contributed by atoms with E-state index < -0.39 is 0 Å². The van der Waals surface area contributed by atoms with E-state index in [4.69, 9.17) is 4.74 Å². The Labute approximate surface area is 126 Å². The Morgan fingerprint density at radius 3 is 2.58 bits per heavy atom. The summed E-state index contributed by atoms with van der Waals surface area (Å²) in [6.45, 7) is 2.22. The standard InChI is InChI=1S/C15H15AsO2S/c1-2-18-15(17)11-8-9-14(13(16)10-11)19-12-6-4-3-5-7-12/h3-10H,2,16H2,1H3. The summed E-state index contributed by atoms with van der Waals surface area (Å²) in [5, 5.41) is 0. The van der Waals surface area contributed by atoms with Crippen molar-refractivity contribution in [2.75, 3.05) is 6.61 Å². The average Bonchev–Trinajstić information content (AvgIpc) is 2.42. The van der Waals surface area contributed by atoms with E-state index in [1.54, 1.807) is 11.8 Å². The van der Waals surface area contributed by atoms with Crippen molar-refractivity contribution < 1.29 is 9.53 Å². The maximum absolute atomic E-state index is 11.6. The molecule has 0 aliphatic heterocycles. The fraction of sp³-hybridized carbons (Fsp3) is 0.133. The van der Waals surface area contributed by atoms with Gasteiger partial charge in [-0.1, -0.05) is 0 Å². The van der Waals surface area contributed by atoms with Crippen LogP contribution < -0.4 is 4.35 Å². The molecule has 4 heteroatoms. The van der Waals surface area contributed by atoms with Crippen molar-refractivity contribution in [1.29, 1.82) is 0 Å². The van der Waals surface area contributed by atoms with Crippen molar-refractivity contribution in [2.24, 2.45) is 0 Å². The number of hydrogen-bond donors (Lipinski definition) is 0. The Balaban J connectivity index is 2.18. The van der Waals surface area contributed by atoms with Gasteiger partial charge in [0, 0.05) is 0 Å². The van der Waals surface area contributed by atoms with Gasteiger partial charge in [-0.3, -0.25) is 0 Å². The van der Waals surface area contributed by atoms with Gasteiger partial charge in [0.25, 0.3) is 0 Å². The number of carbonyl (C=O) groups excluding carboxylic acids is 1. The molecular formula is C15H15AsO2S. The molecule has 0 amide bonds. The predicted octanol–water partition coefficient (Wildman–Crippen LogP) is 2.27. The first kappa shape index (κ1) is 14.2. The second-order valence-electron chi connectivity index (χ2n) is 3.89. The molecule has 0 bridgehead atoms. The monoisotopic (exact) mass is 334 g/mol. The van der Waals surface area contributed by atoms with Gasteiger partial charge in [-0.05, 0) is 0 Å². The van der Waals surface area contributed by atoms with Gasteiger partial charge in [0.15, 0.2) is 0 Å².